The molecule has 0 saturated carbocycles. The van der Waals surface area contributed by atoms with E-state index in [-0.39, 0.29) is 12.5 Å². The predicted molar refractivity (Wildman–Crippen MR) is 86.8 cm³/mol. The molecule has 0 fully saturated rings. The molecule has 5 heteroatoms. The molecule has 1 amide bonds. The number of hydrogen-bond acceptors (Lipinski definition) is 3. The van der Waals surface area contributed by atoms with Crippen LogP contribution < -0.4 is 5.32 Å². The molecule has 0 unspecified atom stereocenters. The summed E-state index contributed by atoms with van der Waals surface area (Å²) in [5.41, 5.74) is 5.88. The van der Waals surface area contributed by atoms with Crippen molar-refractivity contribution in [2.24, 2.45) is 0 Å². The Morgan fingerprint density at radius 2 is 1.82 bits per heavy atom. The topological polar surface area (TPSA) is 59.8 Å². The zero-order valence-electron chi connectivity index (χ0n) is 12.9. The maximum absolute atomic E-state index is 12.2. The molecular formula is C17H18N4O. The van der Waals surface area contributed by atoms with Gasteiger partial charge in [0.2, 0.25) is 5.91 Å². The maximum atomic E-state index is 12.2. The lowest BCUT2D eigenvalue weighted by Gasteiger charge is -2.08. The molecule has 1 N–H and O–H groups in total. The van der Waals surface area contributed by atoms with Crippen LogP contribution in [0, 0.1) is 20.8 Å². The Morgan fingerprint density at radius 1 is 1.09 bits per heavy atom. The van der Waals surface area contributed by atoms with Gasteiger partial charge in [-0.2, -0.15) is 0 Å². The molecule has 3 aromatic rings. The van der Waals surface area contributed by atoms with Gasteiger partial charge in [-0.25, -0.2) is 4.68 Å². The van der Waals surface area contributed by atoms with Crippen molar-refractivity contribution in [2.75, 3.05) is 5.32 Å². The van der Waals surface area contributed by atoms with Crippen LogP contribution in [0.3, 0.4) is 0 Å². The number of benzene rings is 2. The molecule has 0 aliphatic carbocycles. The first kappa shape index (κ1) is 14.3. The number of amides is 1. The minimum absolute atomic E-state index is 0.112. The van der Waals surface area contributed by atoms with E-state index in [4.69, 9.17) is 0 Å². The number of rotatable bonds is 3. The molecule has 0 saturated heterocycles. The summed E-state index contributed by atoms with van der Waals surface area (Å²) >= 11 is 0. The maximum Gasteiger partial charge on any atom is 0.246 e. The molecule has 2 aromatic carbocycles. The van der Waals surface area contributed by atoms with E-state index >= 15 is 0 Å². The van der Waals surface area contributed by atoms with Gasteiger partial charge in [-0.05, 0) is 55.7 Å². The van der Waals surface area contributed by atoms with E-state index in [0.717, 1.165) is 27.8 Å². The molecular weight excluding hydrogens is 276 g/mol. The minimum atomic E-state index is -0.112. The highest BCUT2D eigenvalue weighted by Crippen LogP contribution is 2.17. The Kier molecular flexibility index (Phi) is 3.63. The van der Waals surface area contributed by atoms with Crippen LogP contribution >= 0.6 is 0 Å². The highest BCUT2D eigenvalue weighted by Gasteiger charge is 2.11. The number of aromatic nitrogens is 3. The van der Waals surface area contributed by atoms with Gasteiger partial charge in [0.15, 0.2) is 0 Å². The molecule has 1 aromatic heterocycles. The van der Waals surface area contributed by atoms with Crippen LogP contribution in [0.15, 0.2) is 36.4 Å². The summed E-state index contributed by atoms with van der Waals surface area (Å²) in [5.74, 6) is -0.112. The van der Waals surface area contributed by atoms with Gasteiger partial charge in [-0.1, -0.05) is 23.4 Å². The van der Waals surface area contributed by atoms with Crippen LogP contribution in [0.5, 0.6) is 0 Å². The van der Waals surface area contributed by atoms with Gasteiger partial charge in [0.1, 0.15) is 12.1 Å². The second-order valence-corrected chi connectivity index (χ2v) is 5.54. The minimum Gasteiger partial charge on any atom is -0.324 e. The summed E-state index contributed by atoms with van der Waals surface area (Å²) < 4.78 is 1.63. The Balaban J connectivity index is 1.83. The third kappa shape index (κ3) is 2.70. The summed E-state index contributed by atoms with van der Waals surface area (Å²) in [7, 11) is 0. The summed E-state index contributed by atoms with van der Waals surface area (Å²) in [6.45, 7) is 6.19. The van der Waals surface area contributed by atoms with Gasteiger partial charge in [-0.15, -0.1) is 5.10 Å². The van der Waals surface area contributed by atoms with Crippen LogP contribution in [-0.2, 0) is 11.3 Å². The van der Waals surface area contributed by atoms with Gasteiger partial charge < -0.3 is 5.32 Å². The molecule has 112 valence electrons. The van der Waals surface area contributed by atoms with Crippen molar-refractivity contribution in [3.05, 3.63) is 53.1 Å². The highest BCUT2D eigenvalue weighted by molar-refractivity contribution is 5.92. The van der Waals surface area contributed by atoms with Crippen molar-refractivity contribution in [1.29, 1.82) is 0 Å². The lowest BCUT2D eigenvalue weighted by atomic mass is 10.1. The zero-order chi connectivity index (χ0) is 15.7. The first-order valence-electron chi connectivity index (χ1n) is 7.20. The molecule has 5 nitrogen and oxygen atoms in total. The number of aryl methyl sites for hydroxylation is 3. The average molecular weight is 294 g/mol. The highest BCUT2D eigenvalue weighted by atomic mass is 16.2. The second kappa shape index (κ2) is 5.60. The lowest BCUT2D eigenvalue weighted by molar-refractivity contribution is -0.116. The number of anilines is 1. The fraction of sp³-hybridized carbons (Fsp3) is 0.235. The summed E-state index contributed by atoms with van der Waals surface area (Å²) in [5, 5.41) is 11.1. The molecule has 1 heterocycles. The van der Waals surface area contributed by atoms with Crippen LogP contribution in [0.25, 0.3) is 11.0 Å². The average Bonchev–Trinajstić information content (AvgIpc) is 2.84. The Bertz CT molecular complexity index is 851. The number of para-hydroxylation sites is 1. The quantitative estimate of drug-likeness (QED) is 0.808. The molecule has 3 rings (SSSR count). The lowest BCUT2D eigenvalue weighted by Crippen LogP contribution is -2.20. The molecule has 0 aliphatic rings. The summed E-state index contributed by atoms with van der Waals surface area (Å²) in [6, 6.07) is 11.7. The summed E-state index contributed by atoms with van der Waals surface area (Å²) in [4.78, 5) is 12.2. The van der Waals surface area contributed by atoms with Gasteiger partial charge in [0.25, 0.3) is 0 Å². The zero-order valence-corrected chi connectivity index (χ0v) is 12.9. The Morgan fingerprint density at radius 3 is 2.59 bits per heavy atom. The van der Waals surface area contributed by atoms with Gasteiger partial charge in [-0.3, -0.25) is 4.79 Å². The van der Waals surface area contributed by atoms with Crippen LogP contribution in [0.2, 0.25) is 0 Å². The van der Waals surface area contributed by atoms with Gasteiger partial charge >= 0.3 is 0 Å². The molecule has 0 atom stereocenters. The molecule has 0 bridgehead atoms. The monoisotopic (exact) mass is 294 g/mol. The molecule has 0 aliphatic heterocycles. The number of nitrogens with one attached hydrogen (secondary N) is 1. The Hall–Kier alpha value is -2.69. The van der Waals surface area contributed by atoms with Crippen molar-refractivity contribution in [2.45, 2.75) is 27.3 Å². The number of carbonyl (C=O) groups is 1. The van der Waals surface area contributed by atoms with Crippen LogP contribution in [0.1, 0.15) is 16.7 Å². The molecule has 22 heavy (non-hydrogen) atoms. The third-order valence-electron chi connectivity index (χ3n) is 3.84. The molecule has 0 spiro atoms. The second-order valence-electron chi connectivity index (χ2n) is 5.54. The van der Waals surface area contributed by atoms with Crippen LogP contribution in [-0.4, -0.2) is 20.9 Å². The van der Waals surface area contributed by atoms with E-state index in [9.17, 15) is 4.79 Å². The normalized spacial score (nSPS) is 10.9. The van der Waals surface area contributed by atoms with Crippen molar-refractivity contribution < 1.29 is 4.79 Å². The number of hydrogen-bond donors (Lipinski definition) is 1. The van der Waals surface area contributed by atoms with E-state index in [1.165, 1.54) is 5.56 Å². The first-order chi connectivity index (χ1) is 10.5. The van der Waals surface area contributed by atoms with Crippen molar-refractivity contribution in [1.82, 2.24) is 15.0 Å². The van der Waals surface area contributed by atoms with E-state index in [1.54, 1.807) is 4.68 Å². The SMILES string of the molecule is Cc1cc2nnn(CC(=O)Nc3ccccc3C)c2cc1C. The van der Waals surface area contributed by atoms with Crippen molar-refractivity contribution in [3.63, 3.8) is 0 Å². The summed E-state index contributed by atoms with van der Waals surface area (Å²) in [6.07, 6.45) is 0. The molecule has 0 radical (unpaired) electrons. The predicted octanol–water partition coefficient (Wildman–Crippen LogP) is 3.00. The fourth-order valence-electron chi connectivity index (χ4n) is 2.38. The Labute approximate surface area is 129 Å². The van der Waals surface area contributed by atoms with Gasteiger partial charge in [0, 0.05) is 5.69 Å². The smallest absolute Gasteiger partial charge is 0.246 e. The largest absolute Gasteiger partial charge is 0.324 e. The van der Waals surface area contributed by atoms with E-state index in [1.807, 2.05) is 57.2 Å². The van der Waals surface area contributed by atoms with Crippen molar-refractivity contribution >= 4 is 22.6 Å². The third-order valence-corrected chi connectivity index (χ3v) is 3.84. The van der Waals surface area contributed by atoms with E-state index in [2.05, 4.69) is 15.6 Å². The van der Waals surface area contributed by atoms with E-state index in [0.29, 0.717) is 0 Å². The number of carbonyl (C=O) groups excluding carboxylic acids is 1. The van der Waals surface area contributed by atoms with E-state index < -0.39 is 0 Å². The van der Waals surface area contributed by atoms with Crippen molar-refractivity contribution in [3.8, 4) is 0 Å². The standard InChI is InChI=1S/C17H18N4O/c1-11-6-4-5-7-14(11)18-17(22)10-21-16-9-13(3)12(2)8-15(16)19-20-21/h4-9H,10H2,1-3H3,(H,18,22). The fourth-order valence-corrected chi connectivity index (χ4v) is 2.38. The number of nitrogens with zero attached hydrogens (tertiary/aromatic N) is 3. The van der Waals surface area contributed by atoms with Crippen LogP contribution in [0.4, 0.5) is 5.69 Å². The first-order valence-corrected chi connectivity index (χ1v) is 7.20. The van der Waals surface area contributed by atoms with Gasteiger partial charge in [0.05, 0.1) is 5.52 Å². The number of fused-ring (bicyclic) bond motifs is 1.